The molecule has 0 radical (unpaired) electrons. The molecule has 1 saturated carbocycles. The molecule has 0 amide bonds. The maximum atomic E-state index is 12.6. The number of alkyl halides is 3. The van der Waals surface area contributed by atoms with Gasteiger partial charge < -0.3 is 5.32 Å². The molecule has 0 unspecified atom stereocenters. The monoisotopic (exact) mass is 296 g/mol. The number of halogens is 3. The summed E-state index contributed by atoms with van der Waals surface area (Å²) >= 11 is 0. The molecule has 0 spiro atoms. The predicted molar refractivity (Wildman–Crippen MR) is 71.0 cm³/mol. The van der Waals surface area contributed by atoms with Crippen LogP contribution in [0.4, 0.5) is 13.2 Å². The second-order valence-electron chi connectivity index (χ2n) is 5.30. The van der Waals surface area contributed by atoms with Crippen LogP contribution < -0.4 is 5.32 Å². The van der Waals surface area contributed by atoms with Crippen LogP contribution in [0.25, 0.3) is 5.82 Å². The largest absolute Gasteiger partial charge is 0.419 e. The second-order valence-corrected chi connectivity index (χ2v) is 5.30. The maximum absolute atomic E-state index is 12.6. The quantitative estimate of drug-likeness (QED) is 0.943. The van der Waals surface area contributed by atoms with Gasteiger partial charge in [-0.3, -0.25) is 0 Å². The summed E-state index contributed by atoms with van der Waals surface area (Å²) in [6.07, 6.45) is -0.250. The van der Waals surface area contributed by atoms with Gasteiger partial charge in [-0.25, -0.2) is 9.67 Å². The van der Waals surface area contributed by atoms with Crippen molar-refractivity contribution in [3.63, 3.8) is 0 Å². The Hall–Kier alpha value is -1.89. The lowest BCUT2D eigenvalue weighted by Crippen LogP contribution is -2.16. The molecule has 1 fully saturated rings. The number of nitrogens with one attached hydrogen (secondary N) is 1. The van der Waals surface area contributed by atoms with E-state index >= 15 is 0 Å². The molecule has 21 heavy (non-hydrogen) atoms. The summed E-state index contributed by atoms with van der Waals surface area (Å²) in [7, 11) is 0. The second kappa shape index (κ2) is 5.14. The van der Waals surface area contributed by atoms with E-state index in [1.807, 2.05) is 13.0 Å². The summed E-state index contributed by atoms with van der Waals surface area (Å²) in [4.78, 5) is 4.25. The number of rotatable bonds is 4. The number of nitrogens with zero attached hydrogens (tertiary/aromatic N) is 3. The van der Waals surface area contributed by atoms with E-state index in [1.54, 1.807) is 6.07 Å². The summed E-state index contributed by atoms with van der Waals surface area (Å²) in [6, 6.07) is 4.26. The lowest BCUT2D eigenvalue weighted by Gasteiger charge is -2.08. The normalized spacial score (nSPS) is 15.4. The molecule has 2 heterocycles. The molecular formula is C14H15F3N4. The lowest BCUT2D eigenvalue weighted by molar-refractivity contribution is -0.137. The van der Waals surface area contributed by atoms with Crippen molar-refractivity contribution in [2.45, 2.75) is 38.5 Å². The molecule has 1 aliphatic carbocycles. The highest BCUT2D eigenvalue weighted by atomic mass is 19.4. The zero-order valence-corrected chi connectivity index (χ0v) is 11.5. The number of aryl methyl sites for hydroxylation is 1. The van der Waals surface area contributed by atoms with Gasteiger partial charge in [0.15, 0.2) is 5.82 Å². The smallest absolute Gasteiger partial charge is 0.310 e. The fourth-order valence-corrected chi connectivity index (χ4v) is 2.08. The molecule has 2 aromatic heterocycles. The molecule has 1 N–H and O–H groups in total. The Morgan fingerprint density at radius 1 is 1.33 bits per heavy atom. The highest BCUT2D eigenvalue weighted by molar-refractivity contribution is 5.31. The van der Waals surface area contributed by atoms with Crippen LogP contribution in [-0.2, 0) is 12.7 Å². The van der Waals surface area contributed by atoms with Gasteiger partial charge in [0.1, 0.15) is 0 Å². The average Bonchev–Trinajstić information content (AvgIpc) is 3.08. The van der Waals surface area contributed by atoms with Gasteiger partial charge in [-0.1, -0.05) is 0 Å². The Morgan fingerprint density at radius 3 is 2.71 bits per heavy atom. The third kappa shape index (κ3) is 3.41. The number of pyridine rings is 1. The summed E-state index contributed by atoms with van der Waals surface area (Å²) in [5, 5.41) is 7.13. The Bertz CT molecular complexity index is 644. The predicted octanol–water partition coefficient (Wildman–Crippen LogP) is 2.85. The van der Waals surface area contributed by atoms with E-state index in [1.165, 1.54) is 12.8 Å². The van der Waals surface area contributed by atoms with E-state index in [9.17, 15) is 13.2 Å². The van der Waals surface area contributed by atoms with Crippen molar-refractivity contribution in [2.75, 3.05) is 0 Å². The minimum atomic E-state index is -4.39. The van der Waals surface area contributed by atoms with Crippen molar-refractivity contribution in [2.24, 2.45) is 0 Å². The van der Waals surface area contributed by atoms with Crippen molar-refractivity contribution in [3.05, 3.63) is 41.3 Å². The van der Waals surface area contributed by atoms with Gasteiger partial charge in [0.05, 0.1) is 11.8 Å². The Balaban J connectivity index is 1.84. The van der Waals surface area contributed by atoms with E-state index < -0.39 is 11.7 Å². The lowest BCUT2D eigenvalue weighted by atomic mass is 10.2. The summed E-state index contributed by atoms with van der Waals surface area (Å²) in [6.45, 7) is 2.51. The van der Waals surface area contributed by atoms with Crippen LogP contribution in [-0.4, -0.2) is 20.8 Å². The van der Waals surface area contributed by atoms with Crippen molar-refractivity contribution < 1.29 is 13.2 Å². The fraction of sp³-hybridized carbons (Fsp3) is 0.429. The molecule has 0 bridgehead atoms. The van der Waals surface area contributed by atoms with Gasteiger partial charge in [-0.2, -0.15) is 18.3 Å². The van der Waals surface area contributed by atoms with Crippen molar-refractivity contribution in [1.29, 1.82) is 0 Å². The number of hydrogen-bond donors (Lipinski definition) is 1. The minimum absolute atomic E-state index is 0.401. The van der Waals surface area contributed by atoms with E-state index in [2.05, 4.69) is 15.4 Å². The standard InChI is InChI=1S/C14H15F3N4/c1-9-4-10(6-18-12-2-3-12)5-13(20-9)21-8-11(7-19-21)14(15,16)17/h4-5,7-8,12,18H,2-3,6H2,1H3. The first-order valence-corrected chi connectivity index (χ1v) is 6.75. The third-order valence-electron chi connectivity index (χ3n) is 3.32. The van der Waals surface area contributed by atoms with Gasteiger partial charge in [0.2, 0.25) is 0 Å². The summed E-state index contributed by atoms with van der Waals surface area (Å²) in [5.41, 5.74) is 0.973. The summed E-state index contributed by atoms with van der Waals surface area (Å²) < 4.78 is 39.0. The molecule has 0 aliphatic heterocycles. The Kier molecular flexibility index (Phi) is 3.44. The van der Waals surface area contributed by atoms with Crippen molar-refractivity contribution in [3.8, 4) is 5.82 Å². The van der Waals surface area contributed by atoms with Crippen LogP contribution in [0.2, 0.25) is 0 Å². The Labute approximate surface area is 120 Å². The third-order valence-corrected chi connectivity index (χ3v) is 3.32. The topological polar surface area (TPSA) is 42.7 Å². The van der Waals surface area contributed by atoms with Gasteiger partial charge >= 0.3 is 6.18 Å². The zero-order valence-electron chi connectivity index (χ0n) is 11.5. The van der Waals surface area contributed by atoms with E-state index in [-0.39, 0.29) is 0 Å². The minimum Gasteiger partial charge on any atom is -0.310 e. The van der Waals surface area contributed by atoms with Gasteiger partial charge in [-0.15, -0.1) is 0 Å². The SMILES string of the molecule is Cc1cc(CNC2CC2)cc(-n2cc(C(F)(F)F)cn2)n1. The van der Waals surface area contributed by atoms with Crippen LogP contribution in [0, 0.1) is 6.92 Å². The van der Waals surface area contributed by atoms with Crippen LogP contribution in [0.5, 0.6) is 0 Å². The molecule has 0 aromatic carbocycles. The van der Waals surface area contributed by atoms with Crippen LogP contribution in [0.1, 0.15) is 29.7 Å². The first-order valence-electron chi connectivity index (χ1n) is 6.75. The molecule has 0 atom stereocenters. The molecule has 4 nitrogen and oxygen atoms in total. The number of aromatic nitrogens is 3. The highest BCUT2D eigenvalue weighted by Crippen LogP contribution is 2.29. The van der Waals surface area contributed by atoms with E-state index in [0.717, 1.165) is 28.3 Å². The highest BCUT2D eigenvalue weighted by Gasteiger charge is 2.32. The van der Waals surface area contributed by atoms with Crippen molar-refractivity contribution in [1.82, 2.24) is 20.1 Å². The first-order chi connectivity index (χ1) is 9.91. The number of hydrogen-bond acceptors (Lipinski definition) is 3. The van der Waals surface area contributed by atoms with Crippen LogP contribution in [0.3, 0.4) is 0 Å². The van der Waals surface area contributed by atoms with Crippen molar-refractivity contribution >= 4 is 0 Å². The van der Waals surface area contributed by atoms with Gasteiger partial charge in [0, 0.05) is 24.5 Å². The molecular weight excluding hydrogens is 281 g/mol. The fourth-order valence-electron chi connectivity index (χ4n) is 2.08. The van der Waals surface area contributed by atoms with Gasteiger partial charge in [-0.05, 0) is 37.5 Å². The maximum Gasteiger partial charge on any atom is 0.419 e. The molecule has 0 saturated heterocycles. The van der Waals surface area contributed by atoms with Gasteiger partial charge in [0.25, 0.3) is 0 Å². The molecule has 112 valence electrons. The zero-order chi connectivity index (χ0) is 15.0. The molecule has 7 heteroatoms. The first kappa shape index (κ1) is 14.1. The molecule has 1 aliphatic rings. The average molecular weight is 296 g/mol. The van der Waals surface area contributed by atoms with E-state index in [4.69, 9.17) is 0 Å². The Morgan fingerprint density at radius 2 is 2.10 bits per heavy atom. The molecule has 2 aromatic rings. The van der Waals surface area contributed by atoms with E-state index in [0.29, 0.717) is 18.4 Å². The summed E-state index contributed by atoms with van der Waals surface area (Å²) in [5.74, 6) is 0.401. The molecule has 3 rings (SSSR count). The van der Waals surface area contributed by atoms with Crippen LogP contribution >= 0.6 is 0 Å². The van der Waals surface area contributed by atoms with Crippen LogP contribution in [0.15, 0.2) is 24.5 Å².